The predicted octanol–water partition coefficient (Wildman–Crippen LogP) is 3.02. The highest BCUT2D eigenvalue weighted by Crippen LogP contribution is 2.64. The molecule has 0 radical (unpaired) electrons. The standard InChI is InChI=1S/C28H26F2N8O3.ClH/c1-31-28(19-14-36(15-20(19)28)26(39)23-3-2-6-32-23)24-5-4-16(11-33-24)25-21(29)9-17(10-22(25)30)38-13-18(41-27(38)40)12-37-8-7-34-35-37;/h4-5,7-11,18-20,23,32H,2-3,6,12-15H2;1H/t18-,19-,20+,23-,28?;/m0./s1. The fraction of sp³-hybridized carbons (Fsp3) is 0.429. The van der Waals surface area contributed by atoms with Gasteiger partial charge in [-0.2, -0.15) is 0 Å². The van der Waals surface area contributed by atoms with E-state index in [1.165, 1.54) is 22.0 Å². The molecular formula is C28H27ClF2N8O3. The number of amides is 2. The van der Waals surface area contributed by atoms with Crippen molar-refractivity contribution in [3.05, 3.63) is 71.6 Å². The number of hydrogen-bond acceptors (Lipinski definition) is 7. The molecule has 7 rings (SSSR count). The molecule has 2 amide bonds. The molecule has 1 aromatic carbocycles. The van der Waals surface area contributed by atoms with Crippen LogP contribution >= 0.6 is 12.4 Å². The Labute approximate surface area is 246 Å². The van der Waals surface area contributed by atoms with Crippen LogP contribution in [0, 0.1) is 30.0 Å². The number of piperidine rings is 1. The molecule has 4 aliphatic rings. The van der Waals surface area contributed by atoms with Gasteiger partial charge in [0.05, 0.1) is 48.4 Å². The van der Waals surface area contributed by atoms with Crippen molar-refractivity contribution in [3.8, 4) is 11.1 Å². The number of carbonyl (C=O) groups is 2. The van der Waals surface area contributed by atoms with Gasteiger partial charge in [0.15, 0.2) is 0 Å². The first-order valence-corrected chi connectivity index (χ1v) is 13.6. The van der Waals surface area contributed by atoms with Crippen molar-refractivity contribution in [2.75, 3.05) is 31.1 Å². The number of nitrogens with zero attached hydrogens (tertiary/aromatic N) is 7. The minimum absolute atomic E-state index is 0. The SMILES string of the molecule is Cl.[C-]#[N+]C1(c2ccc(-c3c(F)cc(N4C[C@H](Cn5ccnn5)OC4=O)cc3F)cn2)[C@@H]2CN(C(=O)[C@@H]3CCCN3)C[C@@H]21. The minimum atomic E-state index is -0.847. The molecule has 1 unspecified atom stereocenters. The molecule has 2 aromatic heterocycles. The summed E-state index contributed by atoms with van der Waals surface area (Å²) in [4.78, 5) is 36.6. The van der Waals surface area contributed by atoms with Crippen molar-refractivity contribution >= 4 is 30.1 Å². The third kappa shape index (κ3) is 4.46. The molecule has 5 heterocycles. The summed E-state index contributed by atoms with van der Waals surface area (Å²) in [6.45, 7) is 10.2. The smallest absolute Gasteiger partial charge is 0.414 e. The number of nitrogens with one attached hydrogen (secondary N) is 1. The number of halogens is 3. The number of likely N-dealkylation sites (tertiary alicyclic amines) is 1. The fourth-order valence-corrected chi connectivity index (χ4v) is 6.64. The highest BCUT2D eigenvalue weighted by atomic mass is 35.5. The van der Waals surface area contributed by atoms with Gasteiger partial charge in [-0.05, 0) is 37.6 Å². The summed E-state index contributed by atoms with van der Waals surface area (Å²) in [6, 6.07) is 5.27. The van der Waals surface area contributed by atoms with E-state index in [1.807, 2.05) is 4.90 Å². The number of pyridine rings is 1. The van der Waals surface area contributed by atoms with E-state index in [0.717, 1.165) is 31.5 Å². The third-order valence-corrected chi connectivity index (χ3v) is 8.73. The zero-order valence-corrected chi connectivity index (χ0v) is 23.1. The van der Waals surface area contributed by atoms with E-state index in [9.17, 15) is 9.59 Å². The number of fused-ring (bicyclic) bond motifs is 1. The molecule has 1 aliphatic carbocycles. The molecule has 0 spiro atoms. The Morgan fingerprint density at radius 3 is 2.55 bits per heavy atom. The van der Waals surface area contributed by atoms with E-state index >= 15 is 8.78 Å². The maximum atomic E-state index is 15.3. The monoisotopic (exact) mass is 596 g/mol. The van der Waals surface area contributed by atoms with Crippen LogP contribution in [0.4, 0.5) is 19.3 Å². The van der Waals surface area contributed by atoms with Crippen LogP contribution in [-0.4, -0.2) is 75.2 Å². The Morgan fingerprint density at radius 1 is 1.19 bits per heavy atom. The Hall–Kier alpha value is -4.15. The van der Waals surface area contributed by atoms with Gasteiger partial charge in [0.25, 0.3) is 5.54 Å². The van der Waals surface area contributed by atoms with Crippen molar-refractivity contribution < 1.29 is 23.1 Å². The van der Waals surface area contributed by atoms with E-state index in [2.05, 4.69) is 25.5 Å². The van der Waals surface area contributed by atoms with E-state index in [4.69, 9.17) is 11.3 Å². The highest BCUT2D eigenvalue weighted by Gasteiger charge is 2.78. The molecule has 5 atom stereocenters. The lowest BCUT2D eigenvalue weighted by molar-refractivity contribution is -0.132. The molecule has 3 aromatic rings. The molecule has 0 bridgehead atoms. The van der Waals surface area contributed by atoms with Crippen molar-refractivity contribution in [2.24, 2.45) is 11.8 Å². The number of rotatable bonds is 6. The molecule has 1 N–H and O–H groups in total. The van der Waals surface area contributed by atoms with Crippen LogP contribution in [0.15, 0.2) is 42.9 Å². The number of anilines is 1. The second-order valence-electron chi connectivity index (χ2n) is 11.0. The second-order valence-corrected chi connectivity index (χ2v) is 11.0. The molecular weight excluding hydrogens is 570 g/mol. The fourth-order valence-electron chi connectivity index (χ4n) is 6.64. The summed E-state index contributed by atoms with van der Waals surface area (Å²) in [5.74, 6) is -1.62. The molecule has 3 saturated heterocycles. The summed E-state index contributed by atoms with van der Waals surface area (Å²) in [5, 5.41) is 10.8. The van der Waals surface area contributed by atoms with Crippen LogP contribution in [0.25, 0.3) is 16.0 Å². The zero-order valence-electron chi connectivity index (χ0n) is 22.3. The van der Waals surface area contributed by atoms with Crippen molar-refractivity contribution in [1.29, 1.82) is 0 Å². The normalized spacial score (nSPS) is 27.8. The van der Waals surface area contributed by atoms with Crippen molar-refractivity contribution in [3.63, 3.8) is 0 Å². The van der Waals surface area contributed by atoms with Crippen LogP contribution in [0.5, 0.6) is 0 Å². The van der Waals surface area contributed by atoms with Gasteiger partial charge in [-0.1, -0.05) is 11.3 Å². The van der Waals surface area contributed by atoms with Gasteiger partial charge in [0.2, 0.25) is 5.91 Å². The van der Waals surface area contributed by atoms with Gasteiger partial charge in [0, 0.05) is 31.0 Å². The Bertz CT molecular complexity index is 1520. The first-order chi connectivity index (χ1) is 19.9. The van der Waals surface area contributed by atoms with Crippen LogP contribution in [-0.2, 0) is 21.6 Å². The van der Waals surface area contributed by atoms with Crippen LogP contribution < -0.4 is 10.2 Å². The maximum Gasteiger partial charge on any atom is 0.414 e. The van der Waals surface area contributed by atoms with E-state index in [0.29, 0.717) is 18.8 Å². The Balaban J connectivity index is 0.00000316. The van der Waals surface area contributed by atoms with Crippen molar-refractivity contribution in [1.82, 2.24) is 30.2 Å². The lowest BCUT2D eigenvalue weighted by Crippen LogP contribution is -2.44. The predicted molar refractivity (Wildman–Crippen MR) is 147 cm³/mol. The number of ether oxygens (including phenoxy) is 1. The largest absolute Gasteiger partial charge is 0.442 e. The van der Waals surface area contributed by atoms with E-state index < -0.39 is 29.4 Å². The average molecular weight is 597 g/mol. The van der Waals surface area contributed by atoms with Gasteiger partial charge in [-0.15, -0.1) is 17.5 Å². The topological polar surface area (TPSA) is 110 Å². The quantitative estimate of drug-likeness (QED) is 0.436. The lowest BCUT2D eigenvalue weighted by atomic mass is 10.0. The van der Waals surface area contributed by atoms with Gasteiger partial charge >= 0.3 is 6.09 Å². The number of aromatic nitrogens is 4. The highest BCUT2D eigenvalue weighted by molar-refractivity contribution is 5.90. The molecule has 1 saturated carbocycles. The average Bonchev–Trinajstić information content (AvgIpc) is 3.65. The number of benzene rings is 1. The first kappa shape index (κ1) is 28.0. The number of carbonyl (C=O) groups excluding carboxylic acids is 2. The third-order valence-electron chi connectivity index (χ3n) is 8.73. The lowest BCUT2D eigenvalue weighted by Gasteiger charge is -2.24. The number of cyclic esters (lactones) is 1. The molecule has 42 heavy (non-hydrogen) atoms. The summed E-state index contributed by atoms with van der Waals surface area (Å²) in [5.41, 5.74) is -0.276. The van der Waals surface area contributed by atoms with E-state index in [1.54, 1.807) is 18.3 Å². The second kappa shape index (κ2) is 10.6. The van der Waals surface area contributed by atoms with Gasteiger partial charge in [-0.3, -0.25) is 14.7 Å². The molecule has 11 nitrogen and oxygen atoms in total. The minimum Gasteiger partial charge on any atom is -0.442 e. The Morgan fingerprint density at radius 2 is 1.95 bits per heavy atom. The summed E-state index contributed by atoms with van der Waals surface area (Å²) < 4.78 is 37.4. The molecule has 3 aliphatic heterocycles. The maximum absolute atomic E-state index is 15.3. The zero-order chi connectivity index (χ0) is 28.3. The van der Waals surface area contributed by atoms with Crippen LogP contribution in [0.1, 0.15) is 18.5 Å². The van der Waals surface area contributed by atoms with Crippen LogP contribution in [0.2, 0.25) is 0 Å². The van der Waals surface area contributed by atoms with E-state index in [-0.39, 0.29) is 66.1 Å². The molecule has 14 heteroatoms. The number of hydrogen-bond donors (Lipinski definition) is 1. The summed E-state index contributed by atoms with van der Waals surface area (Å²) in [6.07, 6.45) is 5.08. The van der Waals surface area contributed by atoms with Crippen LogP contribution in [0.3, 0.4) is 0 Å². The summed E-state index contributed by atoms with van der Waals surface area (Å²) in [7, 11) is 0. The van der Waals surface area contributed by atoms with Gasteiger partial charge in [-0.25, -0.2) is 24.8 Å². The van der Waals surface area contributed by atoms with Gasteiger partial charge < -0.3 is 19.8 Å². The molecule has 4 fully saturated rings. The summed E-state index contributed by atoms with van der Waals surface area (Å²) >= 11 is 0. The Kier molecular flexibility index (Phi) is 7.06. The first-order valence-electron chi connectivity index (χ1n) is 13.6. The van der Waals surface area contributed by atoms with Gasteiger partial charge in [0.1, 0.15) is 23.4 Å². The van der Waals surface area contributed by atoms with Crippen molar-refractivity contribution in [2.45, 2.75) is 37.1 Å². The molecule has 218 valence electrons.